The Morgan fingerprint density at radius 3 is 2.63 bits per heavy atom. The van der Waals surface area contributed by atoms with E-state index in [0.717, 1.165) is 40.8 Å². The van der Waals surface area contributed by atoms with Crippen LogP contribution in [0, 0.1) is 10.1 Å². The third-order valence-corrected chi connectivity index (χ3v) is 7.22. The fraction of sp³-hybridized carbons (Fsp3) is 0.233. The first-order chi connectivity index (χ1) is 20.0. The lowest BCUT2D eigenvalue weighted by Crippen LogP contribution is -2.35. The summed E-state index contributed by atoms with van der Waals surface area (Å²) in [6.45, 7) is 2.44. The van der Waals surface area contributed by atoms with Crippen molar-refractivity contribution in [2.75, 3.05) is 0 Å². The Kier molecular flexibility index (Phi) is 7.07. The molecule has 206 valence electrons. The Balaban J connectivity index is 1.27. The maximum Gasteiger partial charge on any atom is 0.272 e. The molecule has 1 atom stereocenters. The summed E-state index contributed by atoms with van der Waals surface area (Å²) in [6, 6.07) is 21.4. The summed E-state index contributed by atoms with van der Waals surface area (Å²) in [4.78, 5) is 31.2. The molecule has 3 aromatic carbocycles. The number of aromatic amines is 1. The largest absolute Gasteiger partial charge is 0.456 e. The molecule has 1 aliphatic heterocycles. The van der Waals surface area contributed by atoms with Crippen molar-refractivity contribution in [2.45, 2.75) is 45.2 Å². The summed E-state index contributed by atoms with van der Waals surface area (Å²) in [6.07, 6.45) is 2.71. The first-order valence-corrected chi connectivity index (χ1v) is 13.5. The van der Waals surface area contributed by atoms with E-state index in [0.29, 0.717) is 35.7 Å². The van der Waals surface area contributed by atoms with Gasteiger partial charge in [-0.2, -0.15) is 5.21 Å². The zero-order chi connectivity index (χ0) is 28.3. The van der Waals surface area contributed by atoms with Gasteiger partial charge in [0.05, 0.1) is 11.5 Å². The number of nitrogens with one attached hydrogen (secondary N) is 1. The van der Waals surface area contributed by atoms with Crippen molar-refractivity contribution < 1.29 is 14.1 Å². The number of para-hydroxylation sites is 1. The number of aliphatic imine (C=N–C) groups is 1. The molecule has 0 spiro atoms. The molecular formula is C30H27N7O4. The molecule has 11 heteroatoms. The second kappa shape index (κ2) is 11.1. The lowest BCUT2D eigenvalue weighted by Gasteiger charge is -2.19. The van der Waals surface area contributed by atoms with Gasteiger partial charge in [0.15, 0.2) is 0 Å². The van der Waals surface area contributed by atoms with Crippen molar-refractivity contribution >= 4 is 28.4 Å². The van der Waals surface area contributed by atoms with Crippen LogP contribution in [0.25, 0.3) is 33.7 Å². The molecule has 1 aliphatic rings. The number of carbonyl (C=O) groups excluding carboxylic acids is 1. The van der Waals surface area contributed by atoms with Gasteiger partial charge in [-0.05, 0) is 35.4 Å². The maximum atomic E-state index is 13.6. The number of carbonyl (C=O) groups is 1. The summed E-state index contributed by atoms with van der Waals surface area (Å²) >= 11 is 0. The molecule has 0 radical (unpaired) electrons. The molecule has 0 saturated heterocycles. The number of unbranched alkanes of at least 4 members (excludes halogenated alkanes) is 1. The van der Waals surface area contributed by atoms with Gasteiger partial charge >= 0.3 is 0 Å². The predicted octanol–water partition coefficient (Wildman–Crippen LogP) is 5.73. The lowest BCUT2D eigenvalue weighted by molar-refractivity contribution is -0.385. The summed E-state index contributed by atoms with van der Waals surface area (Å²) in [5, 5.41) is 26.8. The molecule has 1 unspecified atom stereocenters. The average molecular weight is 550 g/mol. The lowest BCUT2D eigenvalue weighted by atomic mass is 10.0. The van der Waals surface area contributed by atoms with Gasteiger partial charge in [-0.3, -0.25) is 24.8 Å². The zero-order valence-electron chi connectivity index (χ0n) is 22.4. The van der Waals surface area contributed by atoms with E-state index in [-0.39, 0.29) is 18.0 Å². The molecule has 11 nitrogen and oxygen atoms in total. The monoisotopic (exact) mass is 549 g/mol. The van der Waals surface area contributed by atoms with E-state index >= 15 is 0 Å². The molecule has 6 rings (SSSR count). The minimum absolute atomic E-state index is 0.00572. The quantitative estimate of drug-likeness (QED) is 0.173. The first kappa shape index (κ1) is 26.1. The van der Waals surface area contributed by atoms with Crippen LogP contribution in [0.4, 0.5) is 5.69 Å². The van der Waals surface area contributed by atoms with Crippen molar-refractivity contribution in [3.05, 3.63) is 94.0 Å². The van der Waals surface area contributed by atoms with Crippen molar-refractivity contribution in [1.82, 2.24) is 25.5 Å². The number of nitrogens with zero attached hydrogens (tertiary/aromatic N) is 6. The van der Waals surface area contributed by atoms with Crippen LogP contribution >= 0.6 is 0 Å². The van der Waals surface area contributed by atoms with Gasteiger partial charge in [0, 0.05) is 41.0 Å². The number of fused-ring (bicyclic) bond motifs is 1. The van der Waals surface area contributed by atoms with Gasteiger partial charge in [0.25, 0.3) is 11.6 Å². The van der Waals surface area contributed by atoms with Gasteiger partial charge in [-0.25, -0.2) is 0 Å². The normalized spacial score (nSPS) is 15.0. The van der Waals surface area contributed by atoms with Crippen LogP contribution in [-0.4, -0.2) is 48.2 Å². The standard InChI is InChI=1S/C30H27N7O4/c1-2-3-12-28-31-24(16-20-8-4-7-11-25(20)37(39)40)30(38)36(28)18-19-13-14-26-21(15-19)17-27(41-26)22-9-5-6-10-23(22)29-32-34-35-33-29/h4-11,13-15,17,24H,2-3,12,16,18H2,1H3,(H,32,33,34,35). The number of rotatable bonds is 10. The van der Waals surface area contributed by atoms with E-state index < -0.39 is 11.0 Å². The molecule has 41 heavy (non-hydrogen) atoms. The van der Waals surface area contributed by atoms with Crippen LogP contribution in [0.5, 0.6) is 0 Å². The van der Waals surface area contributed by atoms with E-state index in [1.54, 1.807) is 23.1 Å². The number of nitro benzene ring substituents is 1. The fourth-order valence-electron chi connectivity index (χ4n) is 5.19. The average Bonchev–Trinajstić information content (AvgIpc) is 3.73. The topological polar surface area (TPSA) is 143 Å². The fourth-order valence-corrected chi connectivity index (χ4v) is 5.19. The molecule has 0 fully saturated rings. The second-order valence-electron chi connectivity index (χ2n) is 9.94. The number of H-pyrrole nitrogens is 1. The molecule has 3 heterocycles. The number of aromatic nitrogens is 4. The van der Waals surface area contributed by atoms with E-state index in [9.17, 15) is 14.9 Å². The van der Waals surface area contributed by atoms with Crippen molar-refractivity contribution in [3.63, 3.8) is 0 Å². The van der Waals surface area contributed by atoms with Crippen LogP contribution in [0.15, 0.2) is 82.2 Å². The highest BCUT2D eigenvalue weighted by Crippen LogP contribution is 2.34. The third-order valence-electron chi connectivity index (χ3n) is 7.22. The summed E-state index contributed by atoms with van der Waals surface area (Å²) in [5.41, 5.74) is 3.79. The van der Waals surface area contributed by atoms with Crippen LogP contribution < -0.4 is 0 Å². The van der Waals surface area contributed by atoms with Crippen LogP contribution in [0.1, 0.15) is 37.3 Å². The smallest absolute Gasteiger partial charge is 0.272 e. The van der Waals surface area contributed by atoms with Gasteiger partial charge in [-0.15, -0.1) is 10.2 Å². The van der Waals surface area contributed by atoms with Crippen LogP contribution in [-0.2, 0) is 17.8 Å². The highest BCUT2D eigenvalue weighted by Gasteiger charge is 2.35. The van der Waals surface area contributed by atoms with Gasteiger partial charge in [0.2, 0.25) is 5.82 Å². The SMILES string of the molecule is CCCCC1=NC(Cc2ccccc2[N+](=O)[O-])C(=O)N1Cc1ccc2oc(-c3ccccc3-c3nn[nH]n3)cc2c1. The molecule has 0 saturated carbocycles. The highest BCUT2D eigenvalue weighted by atomic mass is 16.6. The number of amides is 1. The summed E-state index contributed by atoms with van der Waals surface area (Å²) < 4.78 is 6.18. The molecule has 5 aromatic rings. The Morgan fingerprint density at radius 1 is 1.05 bits per heavy atom. The van der Waals surface area contributed by atoms with Crippen molar-refractivity contribution in [2.24, 2.45) is 4.99 Å². The minimum atomic E-state index is -0.686. The Hall–Kier alpha value is -5.19. The number of furan rings is 1. The third kappa shape index (κ3) is 5.21. The molecule has 2 aromatic heterocycles. The Bertz CT molecular complexity index is 1760. The van der Waals surface area contributed by atoms with Gasteiger partial charge in [-0.1, -0.05) is 61.9 Å². The van der Waals surface area contributed by atoms with Gasteiger partial charge in [0.1, 0.15) is 23.2 Å². The molecule has 1 N–H and O–H groups in total. The highest BCUT2D eigenvalue weighted by molar-refractivity contribution is 6.06. The second-order valence-corrected chi connectivity index (χ2v) is 9.94. The number of hydrogen-bond donors (Lipinski definition) is 1. The number of hydrogen-bond acceptors (Lipinski definition) is 8. The Morgan fingerprint density at radius 2 is 1.85 bits per heavy atom. The Labute approximate surface area is 235 Å². The van der Waals surface area contributed by atoms with E-state index in [4.69, 9.17) is 9.41 Å². The van der Waals surface area contributed by atoms with E-state index in [2.05, 4.69) is 27.5 Å². The van der Waals surface area contributed by atoms with Crippen LogP contribution in [0.2, 0.25) is 0 Å². The number of nitro groups is 1. The molecule has 1 amide bonds. The molecular weight excluding hydrogens is 522 g/mol. The van der Waals surface area contributed by atoms with Crippen molar-refractivity contribution in [1.29, 1.82) is 0 Å². The van der Waals surface area contributed by atoms with E-state index in [1.165, 1.54) is 6.07 Å². The number of amidine groups is 1. The molecule has 0 aliphatic carbocycles. The minimum Gasteiger partial charge on any atom is -0.456 e. The number of benzene rings is 3. The van der Waals surface area contributed by atoms with Crippen molar-refractivity contribution in [3.8, 4) is 22.7 Å². The predicted molar refractivity (Wildman–Crippen MR) is 153 cm³/mol. The number of tetrazole rings is 1. The molecule has 0 bridgehead atoms. The first-order valence-electron chi connectivity index (χ1n) is 13.5. The summed E-state index contributed by atoms with van der Waals surface area (Å²) in [7, 11) is 0. The summed E-state index contributed by atoms with van der Waals surface area (Å²) in [5.74, 6) is 1.73. The zero-order valence-corrected chi connectivity index (χ0v) is 22.4. The van der Waals surface area contributed by atoms with E-state index in [1.807, 2.05) is 48.5 Å². The maximum absolute atomic E-state index is 13.6. The van der Waals surface area contributed by atoms with Gasteiger partial charge < -0.3 is 4.42 Å². The van der Waals surface area contributed by atoms with Crippen LogP contribution in [0.3, 0.4) is 0 Å².